The van der Waals surface area contributed by atoms with Gasteiger partial charge in [-0.2, -0.15) is 0 Å². The average Bonchev–Trinajstić information content (AvgIpc) is 2.64. The van der Waals surface area contributed by atoms with Gasteiger partial charge in [-0.15, -0.1) is 11.3 Å². The molecule has 0 amide bonds. The summed E-state index contributed by atoms with van der Waals surface area (Å²) in [6.07, 6.45) is 0. The van der Waals surface area contributed by atoms with Crippen LogP contribution in [0.1, 0.15) is 19.3 Å². The lowest BCUT2D eigenvalue weighted by Crippen LogP contribution is -2.00. The highest BCUT2D eigenvalue weighted by molar-refractivity contribution is 7.16. The van der Waals surface area contributed by atoms with Crippen LogP contribution in [0.25, 0.3) is 0 Å². The van der Waals surface area contributed by atoms with Crippen LogP contribution in [0.2, 0.25) is 0 Å². The minimum atomic E-state index is -0.740. The van der Waals surface area contributed by atoms with E-state index in [9.17, 15) is 14.7 Å². The van der Waals surface area contributed by atoms with Gasteiger partial charge >= 0.3 is 11.9 Å². The number of carbonyl (C=O) groups is 2. The predicted octanol–water partition coefficient (Wildman–Crippen LogP) is 1.04. The SMILES string of the molecule is COC(=O)c1sc(C(=O)OC)c(OC)c1O. The number of rotatable bonds is 3. The van der Waals surface area contributed by atoms with Crippen LogP contribution in [-0.2, 0) is 9.47 Å². The maximum absolute atomic E-state index is 11.3. The second-order valence-corrected chi connectivity index (χ2v) is 3.65. The van der Waals surface area contributed by atoms with Crippen molar-refractivity contribution in [3.63, 3.8) is 0 Å². The van der Waals surface area contributed by atoms with Gasteiger partial charge < -0.3 is 19.3 Å². The molecule has 0 saturated heterocycles. The van der Waals surface area contributed by atoms with Gasteiger partial charge in [0.1, 0.15) is 0 Å². The van der Waals surface area contributed by atoms with Crippen molar-refractivity contribution >= 4 is 23.3 Å². The summed E-state index contributed by atoms with van der Waals surface area (Å²) >= 11 is 0.752. The van der Waals surface area contributed by atoms with Gasteiger partial charge in [0.25, 0.3) is 0 Å². The van der Waals surface area contributed by atoms with Gasteiger partial charge in [-0.3, -0.25) is 0 Å². The molecule has 0 bridgehead atoms. The lowest BCUT2D eigenvalue weighted by atomic mass is 10.3. The molecule has 0 unspecified atom stereocenters. The largest absolute Gasteiger partial charge is 0.503 e. The van der Waals surface area contributed by atoms with Crippen molar-refractivity contribution in [3.8, 4) is 11.5 Å². The highest BCUT2D eigenvalue weighted by Gasteiger charge is 2.28. The van der Waals surface area contributed by atoms with Gasteiger partial charge in [0.15, 0.2) is 21.3 Å². The van der Waals surface area contributed by atoms with E-state index in [-0.39, 0.29) is 15.5 Å². The number of esters is 2. The first-order chi connectivity index (χ1) is 7.56. The fourth-order valence-electron chi connectivity index (χ4n) is 1.05. The Labute approximate surface area is 95.4 Å². The third kappa shape index (κ3) is 1.94. The number of thiophene rings is 1. The van der Waals surface area contributed by atoms with Gasteiger partial charge in [0, 0.05) is 0 Å². The molecule has 0 aromatic carbocycles. The van der Waals surface area contributed by atoms with Crippen LogP contribution in [0.5, 0.6) is 11.5 Å². The Kier molecular flexibility index (Phi) is 3.73. The molecule has 1 N–H and O–H groups in total. The topological polar surface area (TPSA) is 82.1 Å². The Hall–Kier alpha value is -1.76. The molecule has 1 heterocycles. The van der Waals surface area contributed by atoms with Gasteiger partial charge in [-0.25, -0.2) is 9.59 Å². The van der Waals surface area contributed by atoms with Crippen LogP contribution in [-0.4, -0.2) is 38.4 Å². The third-order valence-corrected chi connectivity index (χ3v) is 2.91. The molecule has 0 aliphatic rings. The lowest BCUT2D eigenvalue weighted by molar-refractivity contribution is 0.0593. The molecule has 6 nitrogen and oxygen atoms in total. The minimum absolute atomic E-state index is 0.0166. The quantitative estimate of drug-likeness (QED) is 0.802. The van der Waals surface area contributed by atoms with E-state index in [0.29, 0.717) is 0 Å². The standard InChI is InChI=1S/C9H10O6S/c1-13-5-4(10)6(8(11)14-2)16-7(5)9(12)15-3/h10H,1-3H3. The van der Waals surface area contributed by atoms with Gasteiger partial charge in [0.05, 0.1) is 21.3 Å². The molecule has 0 saturated carbocycles. The molecule has 0 atom stereocenters. The van der Waals surface area contributed by atoms with Crippen molar-refractivity contribution in [2.45, 2.75) is 0 Å². The van der Waals surface area contributed by atoms with Crippen molar-refractivity contribution < 1.29 is 28.9 Å². The number of hydrogen-bond donors (Lipinski definition) is 1. The first-order valence-corrected chi connectivity index (χ1v) is 4.94. The maximum Gasteiger partial charge on any atom is 0.352 e. The molecule has 0 aliphatic carbocycles. The fraction of sp³-hybridized carbons (Fsp3) is 0.333. The van der Waals surface area contributed by atoms with E-state index in [2.05, 4.69) is 9.47 Å². The van der Waals surface area contributed by atoms with Crippen LogP contribution in [0, 0.1) is 0 Å². The van der Waals surface area contributed by atoms with Crippen LogP contribution in [0.3, 0.4) is 0 Å². The minimum Gasteiger partial charge on any atom is -0.503 e. The van der Waals surface area contributed by atoms with E-state index in [0.717, 1.165) is 11.3 Å². The maximum atomic E-state index is 11.3. The Morgan fingerprint density at radius 1 is 1.06 bits per heavy atom. The van der Waals surface area contributed by atoms with E-state index in [1.165, 1.54) is 21.3 Å². The third-order valence-electron chi connectivity index (χ3n) is 1.79. The summed E-state index contributed by atoms with van der Waals surface area (Å²) in [4.78, 5) is 22.5. The Morgan fingerprint density at radius 3 is 2.00 bits per heavy atom. The van der Waals surface area contributed by atoms with Crippen molar-refractivity contribution in [1.82, 2.24) is 0 Å². The van der Waals surface area contributed by atoms with E-state index in [1.54, 1.807) is 0 Å². The van der Waals surface area contributed by atoms with Gasteiger partial charge in [0.2, 0.25) is 0 Å². The lowest BCUT2D eigenvalue weighted by Gasteiger charge is -2.00. The predicted molar refractivity (Wildman–Crippen MR) is 55.2 cm³/mol. The van der Waals surface area contributed by atoms with Crippen molar-refractivity contribution in [3.05, 3.63) is 9.75 Å². The normalized spacial score (nSPS) is 9.69. The Bertz CT molecular complexity index is 422. The molecule has 1 aromatic rings. The zero-order valence-electron chi connectivity index (χ0n) is 8.90. The summed E-state index contributed by atoms with van der Waals surface area (Å²) in [5.74, 6) is -1.93. The van der Waals surface area contributed by atoms with Crippen molar-refractivity contribution in [2.75, 3.05) is 21.3 Å². The number of methoxy groups -OCH3 is 3. The molecule has 16 heavy (non-hydrogen) atoms. The second-order valence-electron chi connectivity index (χ2n) is 2.63. The zero-order chi connectivity index (χ0) is 12.3. The summed E-state index contributed by atoms with van der Waals surface area (Å²) < 4.78 is 13.8. The molecule has 1 aromatic heterocycles. The molecular weight excluding hydrogens is 236 g/mol. The highest BCUT2D eigenvalue weighted by Crippen LogP contribution is 2.41. The van der Waals surface area contributed by atoms with E-state index in [4.69, 9.17) is 4.74 Å². The number of hydrogen-bond acceptors (Lipinski definition) is 7. The molecule has 0 radical (unpaired) electrons. The molecule has 0 aliphatic heterocycles. The smallest absolute Gasteiger partial charge is 0.352 e. The summed E-state index contributed by atoms with van der Waals surface area (Å²) in [5.41, 5.74) is 0. The Balaban J connectivity index is 3.30. The first kappa shape index (κ1) is 12.3. The number of aromatic hydroxyl groups is 1. The second kappa shape index (κ2) is 4.84. The summed E-state index contributed by atoms with van der Waals surface area (Å²) in [6.45, 7) is 0. The fourth-order valence-corrected chi connectivity index (χ4v) is 2.05. The molecule has 88 valence electrons. The van der Waals surface area contributed by atoms with E-state index >= 15 is 0 Å². The monoisotopic (exact) mass is 246 g/mol. The molecular formula is C9H10O6S. The van der Waals surface area contributed by atoms with E-state index < -0.39 is 17.7 Å². The van der Waals surface area contributed by atoms with Crippen LogP contribution in [0.4, 0.5) is 0 Å². The highest BCUT2D eigenvalue weighted by atomic mass is 32.1. The summed E-state index contributed by atoms with van der Waals surface area (Å²) in [6, 6.07) is 0. The first-order valence-electron chi connectivity index (χ1n) is 4.13. The molecule has 0 spiro atoms. The van der Waals surface area contributed by atoms with Crippen molar-refractivity contribution in [1.29, 1.82) is 0 Å². The van der Waals surface area contributed by atoms with Gasteiger partial charge in [-0.1, -0.05) is 0 Å². The van der Waals surface area contributed by atoms with E-state index in [1.807, 2.05) is 0 Å². The summed E-state index contributed by atoms with van der Waals surface area (Å²) in [5, 5.41) is 9.63. The molecule has 7 heteroatoms. The number of ether oxygens (including phenoxy) is 3. The molecule has 1 rings (SSSR count). The molecule has 0 fully saturated rings. The average molecular weight is 246 g/mol. The van der Waals surface area contributed by atoms with Crippen LogP contribution < -0.4 is 4.74 Å². The van der Waals surface area contributed by atoms with Gasteiger partial charge in [-0.05, 0) is 0 Å². The van der Waals surface area contributed by atoms with Crippen LogP contribution in [0.15, 0.2) is 0 Å². The van der Waals surface area contributed by atoms with Crippen LogP contribution >= 0.6 is 11.3 Å². The zero-order valence-corrected chi connectivity index (χ0v) is 9.71. The number of carbonyl (C=O) groups excluding carboxylic acids is 2. The Morgan fingerprint density at radius 2 is 1.56 bits per heavy atom. The summed E-state index contributed by atoms with van der Waals surface area (Å²) in [7, 11) is 3.64. The van der Waals surface area contributed by atoms with Crippen molar-refractivity contribution in [2.24, 2.45) is 0 Å².